The average molecular weight is 376 g/mol. The van der Waals surface area contributed by atoms with Gasteiger partial charge in [-0.15, -0.1) is 0 Å². The summed E-state index contributed by atoms with van der Waals surface area (Å²) in [5.41, 5.74) is 0.658. The molecule has 1 rings (SSSR count). The highest BCUT2D eigenvalue weighted by molar-refractivity contribution is 6.40. The minimum absolute atomic E-state index is 0.0217. The summed E-state index contributed by atoms with van der Waals surface area (Å²) < 4.78 is 0. The SMILES string of the molecule is CCCCCCCCCNC(=O)C(=O)Nc1ccccc1C(=O)NC(C)C. The number of carbonyl (C=O) groups is 3. The third-order valence-electron chi connectivity index (χ3n) is 4.11. The standard InChI is InChI=1S/C21H33N3O3/c1-4-5-6-7-8-9-12-15-22-20(26)21(27)24-18-14-11-10-13-17(18)19(25)23-16(2)3/h10-11,13-14,16H,4-9,12,15H2,1-3H3,(H,22,26)(H,23,25)(H,24,27). The highest BCUT2D eigenvalue weighted by atomic mass is 16.2. The minimum atomic E-state index is -0.761. The Kier molecular flexibility index (Phi) is 10.8. The molecule has 6 nitrogen and oxygen atoms in total. The number of anilines is 1. The van der Waals surface area contributed by atoms with Gasteiger partial charge in [-0.3, -0.25) is 14.4 Å². The number of hydrogen-bond acceptors (Lipinski definition) is 3. The summed E-state index contributed by atoms with van der Waals surface area (Å²) in [4.78, 5) is 36.3. The molecule has 0 aliphatic carbocycles. The molecule has 0 aliphatic heterocycles. The third kappa shape index (κ3) is 9.22. The van der Waals surface area contributed by atoms with Gasteiger partial charge in [-0.2, -0.15) is 0 Å². The number of para-hydroxylation sites is 1. The lowest BCUT2D eigenvalue weighted by Gasteiger charge is -2.13. The van der Waals surface area contributed by atoms with Gasteiger partial charge in [0, 0.05) is 12.6 Å². The first kappa shape index (κ1) is 22.7. The van der Waals surface area contributed by atoms with E-state index in [4.69, 9.17) is 0 Å². The van der Waals surface area contributed by atoms with Crippen molar-refractivity contribution in [2.75, 3.05) is 11.9 Å². The molecule has 0 aromatic heterocycles. The van der Waals surface area contributed by atoms with Crippen LogP contribution in [0.5, 0.6) is 0 Å². The Morgan fingerprint density at radius 2 is 1.52 bits per heavy atom. The Hall–Kier alpha value is -2.37. The highest BCUT2D eigenvalue weighted by Crippen LogP contribution is 2.15. The molecule has 0 unspecified atom stereocenters. The van der Waals surface area contributed by atoms with Crippen LogP contribution in [0.15, 0.2) is 24.3 Å². The van der Waals surface area contributed by atoms with Gasteiger partial charge in [0.25, 0.3) is 5.91 Å². The second-order valence-corrected chi connectivity index (χ2v) is 7.01. The summed E-state index contributed by atoms with van der Waals surface area (Å²) in [6, 6.07) is 6.62. The molecule has 0 atom stereocenters. The maximum atomic E-state index is 12.2. The van der Waals surface area contributed by atoms with Crippen molar-refractivity contribution in [3.63, 3.8) is 0 Å². The molecule has 0 radical (unpaired) electrons. The maximum Gasteiger partial charge on any atom is 0.313 e. The summed E-state index contributed by atoms with van der Waals surface area (Å²) >= 11 is 0. The number of amides is 3. The van der Waals surface area contributed by atoms with Crippen LogP contribution in [0, 0.1) is 0 Å². The number of nitrogens with one attached hydrogen (secondary N) is 3. The van der Waals surface area contributed by atoms with E-state index in [1.165, 1.54) is 25.7 Å². The summed E-state index contributed by atoms with van der Waals surface area (Å²) in [6.45, 7) is 6.39. The quantitative estimate of drug-likeness (QED) is 0.408. The fourth-order valence-corrected chi connectivity index (χ4v) is 2.67. The van der Waals surface area contributed by atoms with Crippen LogP contribution in [0.2, 0.25) is 0 Å². The zero-order valence-corrected chi connectivity index (χ0v) is 16.8. The number of benzene rings is 1. The van der Waals surface area contributed by atoms with E-state index in [9.17, 15) is 14.4 Å². The van der Waals surface area contributed by atoms with Crippen molar-refractivity contribution < 1.29 is 14.4 Å². The second kappa shape index (κ2) is 12.9. The van der Waals surface area contributed by atoms with Crippen molar-refractivity contribution in [3.8, 4) is 0 Å². The van der Waals surface area contributed by atoms with Crippen LogP contribution in [0.3, 0.4) is 0 Å². The molecule has 6 heteroatoms. The van der Waals surface area contributed by atoms with E-state index in [2.05, 4.69) is 22.9 Å². The van der Waals surface area contributed by atoms with Gasteiger partial charge in [-0.05, 0) is 32.4 Å². The van der Waals surface area contributed by atoms with E-state index in [0.29, 0.717) is 17.8 Å². The lowest BCUT2D eigenvalue weighted by molar-refractivity contribution is -0.136. The zero-order valence-electron chi connectivity index (χ0n) is 16.8. The van der Waals surface area contributed by atoms with Crippen molar-refractivity contribution in [2.24, 2.45) is 0 Å². The van der Waals surface area contributed by atoms with Crippen molar-refractivity contribution in [2.45, 2.75) is 71.8 Å². The van der Waals surface area contributed by atoms with Gasteiger partial charge in [0.1, 0.15) is 0 Å². The van der Waals surface area contributed by atoms with Crippen molar-refractivity contribution in [3.05, 3.63) is 29.8 Å². The van der Waals surface area contributed by atoms with Crippen LogP contribution in [0.25, 0.3) is 0 Å². The summed E-state index contributed by atoms with van der Waals surface area (Å²) in [7, 11) is 0. The number of unbranched alkanes of at least 4 members (excludes halogenated alkanes) is 6. The topological polar surface area (TPSA) is 87.3 Å². The molecule has 150 valence electrons. The largest absolute Gasteiger partial charge is 0.350 e. The maximum absolute atomic E-state index is 12.2. The van der Waals surface area contributed by atoms with Gasteiger partial charge in [-0.1, -0.05) is 57.6 Å². The first-order valence-electron chi connectivity index (χ1n) is 9.94. The summed E-state index contributed by atoms with van der Waals surface area (Å²) in [6.07, 6.45) is 8.04. The minimum Gasteiger partial charge on any atom is -0.350 e. The molecule has 0 fully saturated rings. The van der Waals surface area contributed by atoms with Gasteiger partial charge in [0.15, 0.2) is 0 Å². The molecule has 0 aliphatic rings. The molecular weight excluding hydrogens is 342 g/mol. The van der Waals surface area contributed by atoms with Crippen LogP contribution in [0.1, 0.15) is 76.1 Å². The monoisotopic (exact) mass is 375 g/mol. The van der Waals surface area contributed by atoms with Gasteiger partial charge in [-0.25, -0.2) is 0 Å². The van der Waals surface area contributed by atoms with Crippen molar-refractivity contribution in [1.82, 2.24) is 10.6 Å². The molecule has 3 amide bonds. The third-order valence-corrected chi connectivity index (χ3v) is 4.11. The molecule has 0 saturated heterocycles. The van der Waals surface area contributed by atoms with Crippen LogP contribution in [0.4, 0.5) is 5.69 Å². The number of carbonyl (C=O) groups excluding carboxylic acids is 3. The van der Waals surface area contributed by atoms with E-state index in [-0.39, 0.29) is 11.9 Å². The van der Waals surface area contributed by atoms with Crippen LogP contribution < -0.4 is 16.0 Å². The highest BCUT2D eigenvalue weighted by Gasteiger charge is 2.17. The second-order valence-electron chi connectivity index (χ2n) is 7.01. The van der Waals surface area contributed by atoms with Gasteiger partial charge in [0.05, 0.1) is 11.3 Å². The fraction of sp³-hybridized carbons (Fsp3) is 0.571. The predicted octanol–water partition coefficient (Wildman–Crippen LogP) is 3.63. The van der Waals surface area contributed by atoms with Crippen LogP contribution in [-0.4, -0.2) is 30.3 Å². The Morgan fingerprint density at radius 1 is 0.889 bits per heavy atom. The molecule has 1 aromatic carbocycles. The molecule has 3 N–H and O–H groups in total. The summed E-state index contributed by atoms with van der Waals surface area (Å²) in [5.74, 6) is -1.73. The van der Waals surface area contributed by atoms with E-state index in [0.717, 1.165) is 19.3 Å². The molecule has 1 aromatic rings. The molecule has 0 spiro atoms. The molecule has 0 bridgehead atoms. The van der Waals surface area contributed by atoms with Crippen molar-refractivity contribution >= 4 is 23.4 Å². The average Bonchev–Trinajstić information content (AvgIpc) is 2.63. The summed E-state index contributed by atoms with van der Waals surface area (Å²) in [5, 5.41) is 7.94. The smallest absolute Gasteiger partial charge is 0.313 e. The fourth-order valence-electron chi connectivity index (χ4n) is 2.67. The van der Waals surface area contributed by atoms with Crippen LogP contribution in [-0.2, 0) is 9.59 Å². The first-order valence-corrected chi connectivity index (χ1v) is 9.94. The van der Waals surface area contributed by atoms with E-state index < -0.39 is 11.8 Å². The lowest BCUT2D eigenvalue weighted by Crippen LogP contribution is -2.37. The number of hydrogen-bond donors (Lipinski definition) is 3. The van der Waals surface area contributed by atoms with E-state index in [1.807, 2.05) is 13.8 Å². The Morgan fingerprint density at radius 3 is 2.19 bits per heavy atom. The predicted molar refractivity (Wildman–Crippen MR) is 109 cm³/mol. The van der Waals surface area contributed by atoms with E-state index >= 15 is 0 Å². The van der Waals surface area contributed by atoms with E-state index in [1.54, 1.807) is 24.3 Å². The zero-order chi connectivity index (χ0) is 20.1. The normalized spacial score (nSPS) is 10.5. The molecule has 27 heavy (non-hydrogen) atoms. The van der Waals surface area contributed by atoms with Gasteiger partial charge < -0.3 is 16.0 Å². The van der Waals surface area contributed by atoms with Gasteiger partial charge in [0.2, 0.25) is 0 Å². The van der Waals surface area contributed by atoms with Gasteiger partial charge >= 0.3 is 11.8 Å². The first-order chi connectivity index (χ1) is 13.0. The Bertz CT molecular complexity index is 614. The Labute approximate surface area is 162 Å². The Balaban J connectivity index is 2.41. The molecular formula is C21H33N3O3. The molecule has 0 saturated carbocycles. The van der Waals surface area contributed by atoms with Crippen LogP contribution >= 0.6 is 0 Å². The number of rotatable bonds is 11. The lowest BCUT2D eigenvalue weighted by atomic mass is 10.1. The van der Waals surface area contributed by atoms with Crippen molar-refractivity contribution in [1.29, 1.82) is 0 Å². The molecule has 0 heterocycles.